The van der Waals surface area contributed by atoms with Gasteiger partial charge in [-0.1, -0.05) is 79.9 Å². The maximum Gasteiger partial charge on any atom is 0.264 e. The van der Waals surface area contributed by atoms with Gasteiger partial charge in [-0.15, -0.1) is 0 Å². The molecule has 220 valence electrons. The third-order valence-corrected chi connectivity index (χ3v) is 9.20. The summed E-state index contributed by atoms with van der Waals surface area (Å²) in [4.78, 5) is 28.6. The number of hydrogen-bond acceptors (Lipinski definition) is 4. The van der Waals surface area contributed by atoms with Gasteiger partial charge in [0.25, 0.3) is 10.0 Å². The number of rotatable bonds is 12. The van der Waals surface area contributed by atoms with E-state index in [4.69, 9.17) is 23.2 Å². The molecule has 0 heterocycles. The van der Waals surface area contributed by atoms with Crippen LogP contribution in [0.15, 0.2) is 71.6 Å². The van der Waals surface area contributed by atoms with Crippen LogP contribution in [-0.2, 0) is 26.2 Å². The van der Waals surface area contributed by atoms with Crippen molar-refractivity contribution in [2.45, 2.75) is 64.4 Å². The van der Waals surface area contributed by atoms with Crippen LogP contribution in [0.4, 0.5) is 5.69 Å². The van der Waals surface area contributed by atoms with Crippen molar-refractivity contribution in [2.75, 3.05) is 17.4 Å². The first kappa shape index (κ1) is 32.4. The second kappa shape index (κ2) is 14.2. The Morgan fingerprint density at radius 3 is 2.10 bits per heavy atom. The third-order valence-electron chi connectivity index (χ3n) is 6.83. The van der Waals surface area contributed by atoms with Crippen LogP contribution in [0.3, 0.4) is 0 Å². The first-order chi connectivity index (χ1) is 19.4. The lowest BCUT2D eigenvalue weighted by atomic mass is 10.0. The van der Waals surface area contributed by atoms with Crippen molar-refractivity contribution in [3.63, 3.8) is 0 Å². The molecule has 0 aliphatic heterocycles. The van der Waals surface area contributed by atoms with Gasteiger partial charge >= 0.3 is 0 Å². The molecule has 1 atom stereocenters. The molecule has 0 aliphatic carbocycles. The van der Waals surface area contributed by atoms with Crippen LogP contribution >= 0.6 is 23.2 Å². The van der Waals surface area contributed by atoms with Gasteiger partial charge in [0.15, 0.2) is 0 Å². The first-order valence-electron chi connectivity index (χ1n) is 13.6. The van der Waals surface area contributed by atoms with Gasteiger partial charge in [0, 0.05) is 23.1 Å². The van der Waals surface area contributed by atoms with Crippen molar-refractivity contribution < 1.29 is 18.0 Å². The van der Waals surface area contributed by atoms with Crippen LogP contribution < -0.4 is 9.62 Å². The van der Waals surface area contributed by atoms with E-state index in [0.29, 0.717) is 34.3 Å². The Morgan fingerprint density at radius 1 is 0.927 bits per heavy atom. The maximum atomic E-state index is 14.1. The average molecular weight is 619 g/mol. The van der Waals surface area contributed by atoms with Gasteiger partial charge in [0.1, 0.15) is 12.6 Å². The van der Waals surface area contributed by atoms with Crippen LogP contribution in [0.5, 0.6) is 0 Å². The molecule has 0 radical (unpaired) electrons. The number of benzene rings is 3. The Bertz CT molecular complexity index is 1460. The van der Waals surface area contributed by atoms with E-state index in [1.54, 1.807) is 56.3 Å². The van der Waals surface area contributed by atoms with Gasteiger partial charge in [-0.3, -0.25) is 13.9 Å². The molecule has 0 aromatic heterocycles. The number of nitrogens with one attached hydrogen (secondary N) is 1. The van der Waals surface area contributed by atoms with E-state index < -0.39 is 28.5 Å². The van der Waals surface area contributed by atoms with Crippen molar-refractivity contribution in [1.82, 2.24) is 10.2 Å². The molecule has 41 heavy (non-hydrogen) atoms. The Hall–Kier alpha value is -3.07. The molecule has 0 saturated carbocycles. The summed E-state index contributed by atoms with van der Waals surface area (Å²) in [5, 5.41) is 3.57. The molecule has 0 spiro atoms. The summed E-state index contributed by atoms with van der Waals surface area (Å²) < 4.78 is 29.1. The molecule has 7 nitrogen and oxygen atoms in total. The quantitative estimate of drug-likeness (QED) is 0.249. The molecule has 3 rings (SSSR count). The van der Waals surface area contributed by atoms with Crippen LogP contribution in [0.2, 0.25) is 10.0 Å². The van der Waals surface area contributed by atoms with Crippen molar-refractivity contribution in [3.05, 3.63) is 93.5 Å². The number of carbonyl (C=O) groups is 2. The highest BCUT2D eigenvalue weighted by Gasteiger charge is 2.34. The molecule has 3 aromatic rings. The van der Waals surface area contributed by atoms with E-state index in [2.05, 4.69) is 5.32 Å². The van der Waals surface area contributed by atoms with E-state index in [9.17, 15) is 18.0 Å². The fourth-order valence-electron chi connectivity index (χ4n) is 4.44. The van der Waals surface area contributed by atoms with Gasteiger partial charge in [-0.05, 0) is 73.7 Å². The molecule has 0 bridgehead atoms. The number of aryl methyl sites for hydroxylation is 1. The SMILES string of the molecule is CCNC(=O)C(CC)N(Cc1ccc(Cl)cc1Cl)C(=O)CN(c1ccc(C(C)C)cc1)S(=O)(=O)c1ccc(C)cc1. The van der Waals surface area contributed by atoms with E-state index in [1.807, 2.05) is 32.9 Å². The molecule has 1 unspecified atom stereocenters. The van der Waals surface area contributed by atoms with Crippen molar-refractivity contribution >= 4 is 50.7 Å². The molecule has 10 heteroatoms. The normalized spacial score (nSPS) is 12.2. The zero-order chi connectivity index (χ0) is 30.3. The molecular weight excluding hydrogens is 581 g/mol. The van der Waals surface area contributed by atoms with Crippen molar-refractivity contribution in [2.24, 2.45) is 0 Å². The number of hydrogen-bond donors (Lipinski definition) is 1. The zero-order valence-corrected chi connectivity index (χ0v) is 26.4. The summed E-state index contributed by atoms with van der Waals surface area (Å²) in [5.74, 6) is -0.629. The Labute approximate surface area is 253 Å². The Balaban J connectivity index is 2.09. The van der Waals surface area contributed by atoms with Crippen molar-refractivity contribution in [1.29, 1.82) is 0 Å². The average Bonchev–Trinajstić information content (AvgIpc) is 2.93. The van der Waals surface area contributed by atoms with E-state index in [0.717, 1.165) is 15.4 Å². The number of likely N-dealkylation sites (N-methyl/N-ethyl adjacent to an activating group) is 1. The minimum absolute atomic E-state index is 0.00478. The van der Waals surface area contributed by atoms with Gasteiger partial charge in [0.05, 0.1) is 10.6 Å². The van der Waals surface area contributed by atoms with E-state index >= 15 is 0 Å². The van der Waals surface area contributed by atoms with E-state index in [1.165, 1.54) is 17.0 Å². The number of amides is 2. The fourth-order valence-corrected chi connectivity index (χ4v) is 6.32. The zero-order valence-electron chi connectivity index (χ0n) is 24.0. The predicted octanol–water partition coefficient (Wildman–Crippen LogP) is 6.56. The maximum absolute atomic E-state index is 14.1. The summed E-state index contributed by atoms with van der Waals surface area (Å²) in [5.41, 5.74) is 2.88. The van der Waals surface area contributed by atoms with Gasteiger partial charge in [0.2, 0.25) is 11.8 Å². The lowest BCUT2D eigenvalue weighted by Gasteiger charge is -2.33. The number of nitrogens with zero attached hydrogens (tertiary/aromatic N) is 2. The first-order valence-corrected chi connectivity index (χ1v) is 15.8. The van der Waals surface area contributed by atoms with Gasteiger partial charge in [-0.2, -0.15) is 0 Å². The van der Waals surface area contributed by atoms with Crippen molar-refractivity contribution in [3.8, 4) is 0 Å². The van der Waals surface area contributed by atoms with Gasteiger partial charge < -0.3 is 10.2 Å². The van der Waals surface area contributed by atoms with E-state index in [-0.39, 0.29) is 23.3 Å². The molecule has 2 amide bonds. The monoisotopic (exact) mass is 617 g/mol. The molecule has 0 saturated heterocycles. The molecule has 0 fully saturated rings. The van der Waals surface area contributed by atoms with Crippen LogP contribution in [0.25, 0.3) is 0 Å². The number of carbonyl (C=O) groups excluding carboxylic acids is 2. The smallest absolute Gasteiger partial charge is 0.264 e. The third kappa shape index (κ3) is 8.03. The van der Waals surface area contributed by atoms with Crippen LogP contribution in [0.1, 0.15) is 56.7 Å². The molecule has 3 aromatic carbocycles. The topological polar surface area (TPSA) is 86.8 Å². The van der Waals surface area contributed by atoms with Crippen LogP contribution in [-0.4, -0.2) is 44.3 Å². The minimum Gasteiger partial charge on any atom is -0.355 e. The lowest BCUT2D eigenvalue weighted by molar-refractivity contribution is -0.140. The Morgan fingerprint density at radius 2 is 1.56 bits per heavy atom. The molecule has 0 aliphatic rings. The lowest BCUT2D eigenvalue weighted by Crippen LogP contribution is -2.52. The highest BCUT2D eigenvalue weighted by atomic mass is 35.5. The summed E-state index contributed by atoms with van der Waals surface area (Å²) in [7, 11) is -4.14. The summed E-state index contributed by atoms with van der Waals surface area (Å²) >= 11 is 12.5. The van der Waals surface area contributed by atoms with Crippen LogP contribution in [0, 0.1) is 6.92 Å². The largest absolute Gasteiger partial charge is 0.355 e. The highest BCUT2D eigenvalue weighted by Crippen LogP contribution is 2.28. The highest BCUT2D eigenvalue weighted by molar-refractivity contribution is 7.92. The summed E-state index contributed by atoms with van der Waals surface area (Å²) in [6.45, 7) is 9.42. The van der Waals surface area contributed by atoms with Gasteiger partial charge in [-0.25, -0.2) is 8.42 Å². The second-order valence-electron chi connectivity index (χ2n) is 10.1. The number of halogens is 2. The second-order valence-corrected chi connectivity index (χ2v) is 12.9. The molecular formula is C31H37Cl2N3O4S. The standard InChI is InChI=1S/C31H37Cl2N3O4S/c1-6-29(31(38)34-7-2)35(19-24-10-13-25(32)18-28(24)33)30(37)20-36(26-14-11-23(12-15-26)21(3)4)41(39,40)27-16-8-22(5)9-17-27/h8-18,21,29H,6-7,19-20H2,1-5H3,(H,34,38). The number of anilines is 1. The Kier molecular flexibility index (Phi) is 11.2. The predicted molar refractivity (Wildman–Crippen MR) is 166 cm³/mol. The summed E-state index contributed by atoms with van der Waals surface area (Å²) in [6, 6.07) is 17.7. The minimum atomic E-state index is -4.14. The number of sulfonamides is 1. The fraction of sp³-hybridized carbons (Fsp3) is 0.355. The molecule has 1 N–H and O–H groups in total. The summed E-state index contributed by atoms with van der Waals surface area (Å²) in [6.07, 6.45) is 0.316.